The third kappa shape index (κ3) is 2.08. The van der Waals surface area contributed by atoms with Gasteiger partial charge in [0, 0.05) is 11.8 Å². The average molecular weight is 168 g/mol. The number of rotatable bonds is 4. The van der Waals surface area contributed by atoms with Crippen LogP contribution in [0.2, 0.25) is 0 Å². The van der Waals surface area contributed by atoms with E-state index in [0.717, 1.165) is 18.4 Å². The van der Waals surface area contributed by atoms with Gasteiger partial charge in [-0.2, -0.15) is 5.10 Å². The summed E-state index contributed by atoms with van der Waals surface area (Å²) in [5.74, 6) is 0.313. The van der Waals surface area contributed by atoms with Crippen LogP contribution in [0.3, 0.4) is 0 Å². The molecule has 0 radical (unpaired) electrons. The lowest BCUT2D eigenvalue weighted by Crippen LogP contribution is -2.07. The predicted molar refractivity (Wildman–Crippen MR) is 47.6 cm³/mol. The van der Waals surface area contributed by atoms with Crippen molar-refractivity contribution in [3.63, 3.8) is 0 Å². The van der Waals surface area contributed by atoms with Gasteiger partial charge in [0.2, 0.25) is 0 Å². The standard InChI is InChI=1S/C9H16N2O/c1-3-4-7(2)9(12)8-5-10-11-6-8/h5-7,9,12H,3-4H2,1-2H3,(H,10,11). The van der Waals surface area contributed by atoms with E-state index in [-0.39, 0.29) is 6.10 Å². The van der Waals surface area contributed by atoms with Gasteiger partial charge in [0.15, 0.2) is 0 Å². The molecule has 1 rings (SSSR count). The first-order valence-electron chi connectivity index (χ1n) is 4.42. The summed E-state index contributed by atoms with van der Waals surface area (Å²) < 4.78 is 0. The van der Waals surface area contributed by atoms with E-state index in [9.17, 15) is 5.11 Å². The van der Waals surface area contributed by atoms with Crippen LogP contribution in [0.4, 0.5) is 0 Å². The van der Waals surface area contributed by atoms with Gasteiger partial charge in [-0.3, -0.25) is 5.10 Å². The number of aromatic nitrogens is 2. The number of nitrogens with zero attached hydrogens (tertiary/aromatic N) is 1. The lowest BCUT2D eigenvalue weighted by molar-refractivity contribution is 0.112. The van der Waals surface area contributed by atoms with Crippen LogP contribution in [0.5, 0.6) is 0 Å². The zero-order chi connectivity index (χ0) is 8.97. The van der Waals surface area contributed by atoms with Crippen molar-refractivity contribution < 1.29 is 5.11 Å². The smallest absolute Gasteiger partial charge is 0.0845 e. The summed E-state index contributed by atoms with van der Waals surface area (Å²) in [6.45, 7) is 4.18. The molecule has 0 saturated carbocycles. The summed E-state index contributed by atoms with van der Waals surface area (Å²) in [4.78, 5) is 0. The molecule has 12 heavy (non-hydrogen) atoms. The molecule has 0 spiro atoms. The van der Waals surface area contributed by atoms with Crippen LogP contribution in [0, 0.1) is 5.92 Å². The Balaban J connectivity index is 2.53. The summed E-state index contributed by atoms with van der Waals surface area (Å²) in [6.07, 6.45) is 5.21. The number of hydrogen-bond acceptors (Lipinski definition) is 2. The van der Waals surface area contributed by atoms with Gasteiger partial charge in [0.1, 0.15) is 0 Å². The van der Waals surface area contributed by atoms with E-state index in [1.54, 1.807) is 12.4 Å². The average Bonchev–Trinajstić information content (AvgIpc) is 2.55. The lowest BCUT2D eigenvalue weighted by Gasteiger charge is -2.16. The van der Waals surface area contributed by atoms with E-state index in [1.807, 2.05) is 0 Å². The van der Waals surface area contributed by atoms with Crippen molar-refractivity contribution >= 4 is 0 Å². The molecule has 3 nitrogen and oxygen atoms in total. The quantitative estimate of drug-likeness (QED) is 0.721. The van der Waals surface area contributed by atoms with Gasteiger partial charge in [-0.25, -0.2) is 0 Å². The maximum Gasteiger partial charge on any atom is 0.0845 e. The second-order valence-corrected chi connectivity index (χ2v) is 3.24. The second-order valence-electron chi connectivity index (χ2n) is 3.24. The van der Waals surface area contributed by atoms with Gasteiger partial charge in [0.25, 0.3) is 0 Å². The van der Waals surface area contributed by atoms with Gasteiger partial charge in [-0.05, 0) is 12.3 Å². The molecule has 3 heteroatoms. The van der Waals surface area contributed by atoms with Crippen LogP contribution in [0.25, 0.3) is 0 Å². The molecule has 1 aromatic rings. The molecule has 2 unspecified atom stereocenters. The molecule has 0 fully saturated rings. The van der Waals surface area contributed by atoms with Gasteiger partial charge in [-0.15, -0.1) is 0 Å². The van der Waals surface area contributed by atoms with Crippen LogP contribution in [-0.2, 0) is 0 Å². The van der Waals surface area contributed by atoms with E-state index < -0.39 is 0 Å². The highest BCUT2D eigenvalue weighted by atomic mass is 16.3. The Morgan fingerprint density at radius 1 is 1.67 bits per heavy atom. The molecule has 0 amide bonds. The highest BCUT2D eigenvalue weighted by molar-refractivity contribution is 5.07. The van der Waals surface area contributed by atoms with Crippen molar-refractivity contribution in [1.29, 1.82) is 0 Å². The summed E-state index contributed by atoms with van der Waals surface area (Å²) in [7, 11) is 0. The minimum Gasteiger partial charge on any atom is -0.388 e. The topological polar surface area (TPSA) is 48.9 Å². The molecule has 2 atom stereocenters. The van der Waals surface area contributed by atoms with Crippen LogP contribution < -0.4 is 0 Å². The summed E-state index contributed by atoms with van der Waals surface area (Å²) >= 11 is 0. The van der Waals surface area contributed by atoms with Crippen molar-refractivity contribution in [2.24, 2.45) is 5.92 Å². The largest absolute Gasteiger partial charge is 0.388 e. The van der Waals surface area contributed by atoms with E-state index >= 15 is 0 Å². The Bertz CT molecular complexity index is 208. The fourth-order valence-corrected chi connectivity index (χ4v) is 1.36. The molecule has 1 heterocycles. The molecule has 0 saturated heterocycles. The maximum atomic E-state index is 9.75. The molecule has 2 N–H and O–H groups in total. The van der Waals surface area contributed by atoms with Crippen LogP contribution in [0.15, 0.2) is 12.4 Å². The van der Waals surface area contributed by atoms with Crippen molar-refractivity contribution in [1.82, 2.24) is 10.2 Å². The number of aromatic amines is 1. The van der Waals surface area contributed by atoms with E-state index in [0.29, 0.717) is 5.92 Å². The van der Waals surface area contributed by atoms with E-state index in [2.05, 4.69) is 24.0 Å². The normalized spacial score (nSPS) is 15.9. The van der Waals surface area contributed by atoms with Gasteiger partial charge in [0.05, 0.1) is 12.3 Å². The zero-order valence-corrected chi connectivity index (χ0v) is 7.62. The van der Waals surface area contributed by atoms with E-state index in [4.69, 9.17) is 0 Å². The minimum atomic E-state index is -0.372. The van der Waals surface area contributed by atoms with Crippen molar-refractivity contribution in [3.05, 3.63) is 18.0 Å². The molecule has 0 aliphatic rings. The Hall–Kier alpha value is -0.830. The first kappa shape index (κ1) is 9.26. The Morgan fingerprint density at radius 2 is 2.42 bits per heavy atom. The molecule has 1 aromatic heterocycles. The monoisotopic (exact) mass is 168 g/mol. The number of nitrogens with one attached hydrogen (secondary N) is 1. The van der Waals surface area contributed by atoms with Crippen LogP contribution in [-0.4, -0.2) is 15.3 Å². The third-order valence-corrected chi connectivity index (χ3v) is 2.14. The number of aliphatic hydroxyl groups is 1. The van der Waals surface area contributed by atoms with Crippen molar-refractivity contribution in [2.75, 3.05) is 0 Å². The first-order chi connectivity index (χ1) is 5.75. The molecular formula is C9H16N2O. The number of aliphatic hydroxyl groups excluding tert-OH is 1. The summed E-state index contributed by atoms with van der Waals surface area (Å²) in [6, 6.07) is 0. The fraction of sp³-hybridized carbons (Fsp3) is 0.667. The minimum absolute atomic E-state index is 0.313. The Labute approximate surface area is 72.8 Å². The number of H-pyrrole nitrogens is 1. The lowest BCUT2D eigenvalue weighted by atomic mass is 9.96. The van der Waals surface area contributed by atoms with E-state index in [1.165, 1.54) is 0 Å². The van der Waals surface area contributed by atoms with Gasteiger partial charge < -0.3 is 5.11 Å². The van der Waals surface area contributed by atoms with Crippen LogP contribution >= 0.6 is 0 Å². The SMILES string of the molecule is CCCC(C)C(O)c1cn[nH]c1. The Morgan fingerprint density at radius 3 is 2.92 bits per heavy atom. The van der Waals surface area contributed by atoms with Gasteiger partial charge >= 0.3 is 0 Å². The van der Waals surface area contributed by atoms with Crippen LogP contribution in [0.1, 0.15) is 38.4 Å². The zero-order valence-electron chi connectivity index (χ0n) is 7.62. The predicted octanol–water partition coefficient (Wildman–Crippen LogP) is 1.88. The Kier molecular flexibility index (Phi) is 3.29. The molecule has 0 aliphatic heterocycles. The second kappa shape index (κ2) is 4.26. The molecule has 0 aromatic carbocycles. The highest BCUT2D eigenvalue weighted by Crippen LogP contribution is 2.23. The molecule has 0 aliphatic carbocycles. The maximum absolute atomic E-state index is 9.75. The van der Waals surface area contributed by atoms with Gasteiger partial charge in [-0.1, -0.05) is 20.3 Å². The number of hydrogen-bond donors (Lipinski definition) is 2. The van der Waals surface area contributed by atoms with Crippen molar-refractivity contribution in [2.45, 2.75) is 32.8 Å². The summed E-state index contributed by atoms with van der Waals surface area (Å²) in [5, 5.41) is 16.2. The first-order valence-corrected chi connectivity index (χ1v) is 4.42. The van der Waals surface area contributed by atoms with Crippen molar-refractivity contribution in [3.8, 4) is 0 Å². The molecular weight excluding hydrogens is 152 g/mol. The highest BCUT2D eigenvalue weighted by Gasteiger charge is 2.15. The molecule has 68 valence electrons. The third-order valence-electron chi connectivity index (χ3n) is 2.14. The summed E-state index contributed by atoms with van der Waals surface area (Å²) in [5.41, 5.74) is 0.885. The molecule has 0 bridgehead atoms. The fourth-order valence-electron chi connectivity index (χ4n) is 1.36.